The molecule has 0 aliphatic rings. The topological polar surface area (TPSA) is 38.7 Å². The molecule has 3 nitrogen and oxygen atoms in total. The summed E-state index contributed by atoms with van der Waals surface area (Å²) in [6, 6.07) is 5.76. The highest BCUT2D eigenvalue weighted by molar-refractivity contribution is 6.31. The molecule has 0 unspecified atom stereocenters. The molecule has 0 aromatic carbocycles. The van der Waals surface area contributed by atoms with Gasteiger partial charge in [0.25, 0.3) is 0 Å². The Morgan fingerprint density at radius 3 is 2.86 bits per heavy atom. The predicted octanol–water partition coefficient (Wildman–Crippen LogP) is 2.12. The summed E-state index contributed by atoms with van der Waals surface area (Å²) in [5, 5.41) is 0.582. The molecule has 2 aromatic heterocycles. The molecule has 0 amide bonds. The predicted molar refractivity (Wildman–Crippen MR) is 54.1 cm³/mol. The summed E-state index contributed by atoms with van der Waals surface area (Å²) in [5.41, 5.74) is 1.76. The molecule has 14 heavy (non-hydrogen) atoms. The third-order valence-electron chi connectivity index (χ3n) is 1.82. The number of hydrogen-bond acceptors (Lipinski definition) is 3. The van der Waals surface area contributed by atoms with E-state index in [-0.39, 0.29) is 0 Å². The Kier molecular flexibility index (Phi) is 2.70. The van der Waals surface area contributed by atoms with E-state index in [1.54, 1.807) is 12.4 Å². The van der Waals surface area contributed by atoms with Gasteiger partial charge in [0.05, 0.1) is 10.7 Å². The molecule has 0 radical (unpaired) electrons. The summed E-state index contributed by atoms with van der Waals surface area (Å²) in [4.78, 5) is 12.1. The lowest BCUT2D eigenvalue weighted by atomic mass is 10.2. The Labute approximate surface area is 86.8 Å². The van der Waals surface area contributed by atoms with Gasteiger partial charge in [0.15, 0.2) is 0 Å². The fourth-order valence-corrected chi connectivity index (χ4v) is 1.31. The van der Waals surface area contributed by atoms with E-state index < -0.39 is 0 Å². The lowest BCUT2D eigenvalue weighted by molar-refractivity contribution is 0.986. The van der Waals surface area contributed by atoms with E-state index in [0.717, 1.165) is 11.4 Å². The highest BCUT2D eigenvalue weighted by atomic mass is 35.5. The second-order valence-electron chi connectivity index (χ2n) is 2.82. The van der Waals surface area contributed by atoms with Gasteiger partial charge in [-0.25, -0.2) is 9.97 Å². The summed E-state index contributed by atoms with van der Waals surface area (Å²) in [5.74, 6) is 0. The summed E-state index contributed by atoms with van der Waals surface area (Å²) >= 11 is 5.92. The fourth-order valence-electron chi connectivity index (χ4n) is 1.14. The quantitative estimate of drug-likeness (QED) is 0.754. The largest absolute Gasteiger partial charge is 0.261 e. The molecule has 4 heteroatoms. The van der Waals surface area contributed by atoms with Crippen LogP contribution in [0.15, 0.2) is 36.9 Å². The summed E-state index contributed by atoms with van der Waals surface area (Å²) in [6.45, 7) is 0. The van der Waals surface area contributed by atoms with Crippen molar-refractivity contribution < 1.29 is 0 Å². The van der Waals surface area contributed by atoms with Crippen LogP contribution >= 0.6 is 11.6 Å². The van der Waals surface area contributed by atoms with Crippen LogP contribution in [0.2, 0.25) is 5.02 Å². The monoisotopic (exact) mass is 205 g/mol. The third kappa shape index (κ3) is 2.06. The van der Waals surface area contributed by atoms with Gasteiger partial charge >= 0.3 is 0 Å². The van der Waals surface area contributed by atoms with E-state index in [1.807, 2.05) is 18.2 Å². The second-order valence-corrected chi connectivity index (χ2v) is 3.22. The van der Waals surface area contributed by atoms with E-state index in [1.165, 1.54) is 6.33 Å². The van der Waals surface area contributed by atoms with Crippen LogP contribution < -0.4 is 0 Å². The van der Waals surface area contributed by atoms with Crippen LogP contribution in [0.25, 0.3) is 0 Å². The molecular weight excluding hydrogens is 198 g/mol. The van der Waals surface area contributed by atoms with E-state index >= 15 is 0 Å². The number of pyridine rings is 1. The van der Waals surface area contributed by atoms with Gasteiger partial charge in [-0.3, -0.25) is 4.98 Å². The second kappa shape index (κ2) is 4.15. The Morgan fingerprint density at radius 1 is 1.21 bits per heavy atom. The molecule has 2 aromatic rings. The Morgan fingerprint density at radius 2 is 2.14 bits per heavy atom. The first kappa shape index (κ1) is 9.09. The van der Waals surface area contributed by atoms with Crippen molar-refractivity contribution in [1.29, 1.82) is 0 Å². The molecule has 0 fully saturated rings. The maximum atomic E-state index is 5.92. The van der Waals surface area contributed by atoms with Gasteiger partial charge in [-0.2, -0.15) is 0 Å². The zero-order valence-electron chi connectivity index (χ0n) is 7.39. The first-order valence-electron chi connectivity index (χ1n) is 4.20. The Hall–Kier alpha value is -1.48. The maximum absolute atomic E-state index is 5.92. The number of aromatic nitrogens is 3. The van der Waals surface area contributed by atoms with Crippen LogP contribution in [0.3, 0.4) is 0 Å². The van der Waals surface area contributed by atoms with Gasteiger partial charge in [-0.15, -0.1) is 0 Å². The van der Waals surface area contributed by atoms with Crippen LogP contribution in [0, 0.1) is 0 Å². The zero-order chi connectivity index (χ0) is 9.80. The Balaban J connectivity index is 2.24. The molecule has 0 aliphatic carbocycles. The summed E-state index contributed by atoms with van der Waals surface area (Å²) < 4.78 is 0. The van der Waals surface area contributed by atoms with E-state index in [4.69, 9.17) is 11.6 Å². The van der Waals surface area contributed by atoms with Crippen molar-refractivity contribution >= 4 is 11.6 Å². The smallest absolute Gasteiger partial charge is 0.115 e. The van der Waals surface area contributed by atoms with Gasteiger partial charge in [-0.1, -0.05) is 17.7 Å². The number of nitrogens with zero attached hydrogens (tertiary/aromatic N) is 3. The van der Waals surface area contributed by atoms with Crippen molar-refractivity contribution in [2.75, 3.05) is 0 Å². The van der Waals surface area contributed by atoms with Gasteiger partial charge < -0.3 is 0 Å². The average Bonchev–Trinajstić information content (AvgIpc) is 2.23. The standard InChI is InChI=1S/C10H8ClN3/c11-9-6-12-7-14-10(9)5-8-3-1-2-4-13-8/h1-4,6-7H,5H2. The highest BCUT2D eigenvalue weighted by Gasteiger charge is 2.02. The van der Waals surface area contributed by atoms with Crippen molar-refractivity contribution in [2.45, 2.75) is 6.42 Å². The summed E-state index contributed by atoms with van der Waals surface area (Å²) in [7, 11) is 0. The van der Waals surface area contributed by atoms with Crippen LogP contribution in [-0.2, 0) is 6.42 Å². The zero-order valence-corrected chi connectivity index (χ0v) is 8.15. The van der Waals surface area contributed by atoms with Crippen LogP contribution in [0.4, 0.5) is 0 Å². The molecule has 2 rings (SSSR count). The lowest BCUT2D eigenvalue weighted by Crippen LogP contribution is -1.95. The Bertz CT molecular complexity index is 417. The van der Waals surface area contributed by atoms with Crippen molar-refractivity contribution in [3.05, 3.63) is 53.3 Å². The van der Waals surface area contributed by atoms with Crippen LogP contribution in [-0.4, -0.2) is 15.0 Å². The van der Waals surface area contributed by atoms with Gasteiger partial charge in [0.2, 0.25) is 0 Å². The van der Waals surface area contributed by atoms with Crippen molar-refractivity contribution in [1.82, 2.24) is 15.0 Å². The van der Waals surface area contributed by atoms with Crippen molar-refractivity contribution in [3.63, 3.8) is 0 Å². The number of halogens is 1. The van der Waals surface area contributed by atoms with E-state index in [0.29, 0.717) is 11.4 Å². The molecule has 0 aliphatic heterocycles. The first-order valence-corrected chi connectivity index (χ1v) is 4.58. The van der Waals surface area contributed by atoms with Crippen LogP contribution in [0.5, 0.6) is 0 Å². The van der Waals surface area contributed by atoms with Crippen LogP contribution in [0.1, 0.15) is 11.4 Å². The normalized spacial score (nSPS) is 10.1. The third-order valence-corrected chi connectivity index (χ3v) is 2.13. The fraction of sp³-hybridized carbons (Fsp3) is 0.100. The SMILES string of the molecule is Clc1cncnc1Cc1ccccn1. The van der Waals surface area contributed by atoms with E-state index in [9.17, 15) is 0 Å². The maximum Gasteiger partial charge on any atom is 0.115 e. The van der Waals surface area contributed by atoms with Gasteiger partial charge in [-0.05, 0) is 12.1 Å². The molecule has 2 heterocycles. The van der Waals surface area contributed by atoms with E-state index in [2.05, 4.69) is 15.0 Å². The molecular formula is C10H8ClN3. The minimum atomic E-state index is 0.582. The van der Waals surface area contributed by atoms with Gasteiger partial charge in [0.1, 0.15) is 6.33 Å². The molecule has 0 N–H and O–H groups in total. The van der Waals surface area contributed by atoms with Crippen molar-refractivity contribution in [3.8, 4) is 0 Å². The molecule has 70 valence electrons. The lowest BCUT2D eigenvalue weighted by Gasteiger charge is -2.00. The summed E-state index contributed by atoms with van der Waals surface area (Å²) in [6.07, 6.45) is 5.48. The molecule has 0 bridgehead atoms. The number of rotatable bonds is 2. The highest BCUT2D eigenvalue weighted by Crippen LogP contribution is 2.13. The minimum Gasteiger partial charge on any atom is -0.261 e. The first-order chi connectivity index (χ1) is 6.86. The molecule has 0 saturated carbocycles. The molecule has 0 atom stereocenters. The molecule has 0 saturated heterocycles. The number of hydrogen-bond donors (Lipinski definition) is 0. The van der Waals surface area contributed by atoms with Gasteiger partial charge in [0, 0.05) is 24.5 Å². The average molecular weight is 206 g/mol. The molecule has 0 spiro atoms. The van der Waals surface area contributed by atoms with Crippen molar-refractivity contribution in [2.24, 2.45) is 0 Å². The minimum absolute atomic E-state index is 0.582.